The van der Waals surface area contributed by atoms with Crippen LogP contribution >= 0.6 is 0 Å². The third-order valence-electron chi connectivity index (χ3n) is 10.4. The van der Waals surface area contributed by atoms with Crippen LogP contribution in [0.4, 0.5) is 0 Å². The van der Waals surface area contributed by atoms with Crippen LogP contribution < -0.4 is 0 Å². The highest BCUT2D eigenvalue weighted by molar-refractivity contribution is 6.23. The Labute approximate surface area is 318 Å². The van der Waals surface area contributed by atoms with Gasteiger partial charge in [-0.25, -0.2) is 15.0 Å². The van der Waals surface area contributed by atoms with Crippen LogP contribution in [-0.4, -0.2) is 20.1 Å². The van der Waals surface area contributed by atoms with E-state index in [0.717, 1.165) is 77.4 Å². The number of aromatic hydroxyl groups is 1. The number of para-hydroxylation sites is 1. The van der Waals surface area contributed by atoms with E-state index in [4.69, 9.17) is 15.0 Å². The third-order valence-corrected chi connectivity index (χ3v) is 10.4. The zero-order valence-electron chi connectivity index (χ0n) is 29.8. The minimum absolute atomic E-state index is 0.167. The van der Waals surface area contributed by atoms with Gasteiger partial charge in [0.15, 0.2) is 5.82 Å². The van der Waals surface area contributed by atoms with Gasteiger partial charge in [0.25, 0.3) is 0 Å². The Morgan fingerprint density at radius 1 is 0.327 bits per heavy atom. The van der Waals surface area contributed by atoms with Gasteiger partial charge in [-0.05, 0) is 45.2 Å². The van der Waals surface area contributed by atoms with Gasteiger partial charge in [-0.3, -0.25) is 0 Å². The van der Waals surface area contributed by atoms with E-state index in [1.165, 1.54) is 11.1 Å². The van der Waals surface area contributed by atoms with Crippen molar-refractivity contribution in [2.24, 2.45) is 0 Å². The summed E-state index contributed by atoms with van der Waals surface area (Å²) in [5.74, 6) is 0.827. The summed E-state index contributed by atoms with van der Waals surface area (Å²) in [5.41, 5.74) is 11.6. The lowest BCUT2D eigenvalue weighted by atomic mass is 9.94. The molecule has 0 saturated carbocycles. The molecule has 2 heterocycles. The molecule has 2 aromatic heterocycles. The Morgan fingerprint density at radius 2 is 0.818 bits per heavy atom. The topological polar surface area (TPSA) is 58.9 Å². The number of hydrogen-bond donors (Lipinski definition) is 1. The molecule has 0 saturated heterocycles. The number of nitrogens with zero attached hydrogens (tertiary/aromatic N) is 3. The standard InChI is InChI=1S/C51H33N3O/c55-47-17-9-16-43-48-42-15-8-7-14-37(42)30-31-44(48)49(54-50(43)47)40-26-24-39(25-27-40)46-32-45(38-22-18-35(19-23-38)33-10-3-1-4-11-33)52-51(53-46)41-28-20-36(21-29-41)34-12-5-2-6-13-34/h1-32,55H. The number of phenolic OH excluding ortho intramolecular Hbond substituents is 1. The molecule has 0 aliphatic heterocycles. The van der Waals surface area contributed by atoms with E-state index >= 15 is 0 Å². The van der Waals surface area contributed by atoms with Gasteiger partial charge in [-0.15, -0.1) is 0 Å². The van der Waals surface area contributed by atoms with Gasteiger partial charge in [0.2, 0.25) is 0 Å². The van der Waals surface area contributed by atoms with Crippen LogP contribution in [0.25, 0.3) is 99.9 Å². The molecule has 0 atom stereocenters. The number of fused-ring (bicyclic) bond motifs is 5. The molecule has 0 spiro atoms. The van der Waals surface area contributed by atoms with Gasteiger partial charge in [0.1, 0.15) is 11.3 Å². The Morgan fingerprint density at radius 3 is 1.44 bits per heavy atom. The van der Waals surface area contributed by atoms with Gasteiger partial charge < -0.3 is 5.11 Å². The summed E-state index contributed by atoms with van der Waals surface area (Å²) in [5, 5.41) is 16.3. The summed E-state index contributed by atoms with van der Waals surface area (Å²) >= 11 is 0. The summed E-state index contributed by atoms with van der Waals surface area (Å²) in [7, 11) is 0. The van der Waals surface area contributed by atoms with E-state index in [-0.39, 0.29) is 5.75 Å². The Hall–Kier alpha value is -7.43. The minimum Gasteiger partial charge on any atom is -0.506 e. The number of hydrogen-bond acceptors (Lipinski definition) is 4. The van der Waals surface area contributed by atoms with Crippen molar-refractivity contribution in [2.45, 2.75) is 0 Å². The second-order valence-corrected chi connectivity index (χ2v) is 13.8. The molecule has 55 heavy (non-hydrogen) atoms. The molecule has 258 valence electrons. The van der Waals surface area contributed by atoms with Gasteiger partial charge in [-0.2, -0.15) is 0 Å². The van der Waals surface area contributed by atoms with Crippen molar-refractivity contribution in [3.63, 3.8) is 0 Å². The maximum atomic E-state index is 11.0. The Kier molecular flexibility index (Phi) is 7.93. The first-order chi connectivity index (χ1) is 27.2. The fraction of sp³-hybridized carbons (Fsp3) is 0. The zero-order chi connectivity index (χ0) is 36.7. The molecule has 0 bridgehead atoms. The average molecular weight is 704 g/mol. The van der Waals surface area contributed by atoms with Crippen molar-refractivity contribution in [3.8, 4) is 73.2 Å². The quantitative estimate of drug-likeness (QED) is 0.175. The van der Waals surface area contributed by atoms with Gasteiger partial charge >= 0.3 is 0 Å². The van der Waals surface area contributed by atoms with E-state index in [9.17, 15) is 5.11 Å². The summed E-state index contributed by atoms with van der Waals surface area (Å²) < 4.78 is 0. The number of rotatable bonds is 6. The maximum Gasteiger partial charge on any atom is 0.160 e. The molecule has 10 aromatic rings. The van der Waals surface area contributed by atoms with Crippen LogP contribution in [0.5, 0.6) is 5.75 Å². The number of benzene rings is 8. The monoisotopic (exact) mass is 703 g/mol. The SMILES string of the molecule is Oc1cccc2c1nc(-c1ccc(-c3cc(-c4ccc(-c5ccccc5)cc4)nc(-c4ccc(-c5ccccc5)cc4)n3)cc1)c1ccc3ccccc3c12. The van der Waals surface area contributed by atoms with E-state index < -0.39 is 0 Å². The first kappa shape index (κ1) is 32.2. The number of pyridine rings is 1. The van der Waals surface area contributed by atoms with Crippen LogP contribution in [0.15, 0.2) is 194 Å². The predicted octanol–water partition coefficient (Wildman–Crippen LogP) is 13.0. The highest BCUT2D eigenvalue weighted by Gasteiger charge is 2.16. The van der Waals surface area contributed by atoms with Crippen molar-refractivity contribution in [1.82, 2.24) is 15.0 Å². The molecule has 0 unspecified atom stereocenters. The lowest BCUT2D eigenvalue weighted by molar-refractivity contribution is 0.480. The molecular formula is C51H33N3O. The molecule has 8 aromatic carbocycles. The lowest BCUT2D eigenvalue weighted by Gasteiger charge is -2.14. The number of aromatic nitrogens is 3. The number of phenols is 1. The smallest absolute Gasteiger partial charge is 0.160 e. The molecule has 4 heteroatoms. The Bertz CT molecular complexity index is 2900. The third kappa shape index (κ3) is 5.96. The van der Waals surface area contributed by atoms with Crippen molar-refractivity contribution in [1.29, 1.82) is 0 Å². The van der Waals surface area contributed by atoms with Crippen molar-refractivity contribution in [3.05, 3.63) is 194 Å². The molecular weight excluding hydrogens is 671 g/mol. The van der Waals surface area contributed by atoms with Gasteiger partial charge in [0.05, 0.1) is 17.1 Å². The first-order valence-corrected chi connectivity index (χ1v) is 18.4. The maximum absolute atomic E-state index is 11.0. The fourth-order valence-electron chi connectivity index (χ4n) is 7.58. The van der Waals surface area contributed by atoms with Crippen LogP contribution in [0, 0.1) is 0 Å². The summed E-state index contributed by atoms with van der Waals surface area (Å²) in [6.07, 6.45) is 0. The summed E-state index contributed by atoms with van der Waals surface area (Å²) in [6.45, 7) is 0. The molecule has 0 aliphatic rings. The predicted molar refractivity (Wildman–Crippen MR) is 227 cm³/mol. The van der Waals surface area contributed by atoms with Gasteiger partial charge in [-0.1, -0.05) is 182 Å². The normalized spacial score (nSPS) is 11.3. The van der Waals surface area contributed by atoms with Crippen LogP contribution in [0.2, 0.25) is 0 Å². The lowest BCUT2D eigenvalue weighted by Crippen LogP contribution is -1.96. The molecule has 4 nitrogen and oxygen atoms in total. The second kappa shape index (κ2) is 13.5. The molecule has 0 amide bonds. The molecule has 10 rings (SSSR count). The highest BCUT2D eigenvalue weighted by atomic mass is 16.3. The fourth-order valence-corrected chi connectivity index (χ4v) is 7.58. The van der Waals surface area contributed by atoms with Crippen LogP contribution in [-0.2, 0) is 0 Å². The zero-order valence-corrected chi connectivity index (χ0v) is 29.8. The van der Waals surface area contributed by atoms with Gasteiger partial charge in [0, 0.05) is 38.4 Å². The van der Waals surface area contributed by atoms with Crippen molar-refractivity contribution >= 4 is 32.4 Å². The largest absolute Gasteiger partial charge is 0.506 e. The Balaban J connectivity index is 1.08. The van der Waals surface area contributed by atoms with Crippen LogP contribution in [0.3, 0.4) is 0 Å². The van der Waals surface area contributed by atoms with Crippen molar-refractivity contribution in [2.75, 3.05) is 0 Å². The first-order valence-electron chi connectivity index (χ1n) is 18.4. The van der Waals surface area contributed by atoms with E-state index in [0.29, 0.717) is 11.3 Å². The summed E-state index contributed by atoms with van der Waals surface area (Å²) in [4.78, 5) is 15.3. The van der Waals surface area contributed by atoms with Crippen molar-refractivity contribution < 1.29 is 5.11 Å². The molecule has 0 fully saturated rings. The molecule has 0 radical (unpaired) electrons. The molecule has 1 N–H and O–H groups in total. The molecule has 0 aliphatic carbocycles. The second-order valence-electron chi connectivity index (χ2n) is 13.8. The van der Waals surface area contributed by atoms with E-state index in [1.807, 2.05) is 24.3 Å². The van der Waals surface area contributed by atoms with E-state index in [2.05, 4.69) is 164 Å². The average Bonchev–Trinajstić information content (AvgIpc) is 3.27. The van der Waals surface area contributed by atoms with Crippen LogP contribution in [0.1, 0.15) is 0 Å². The minimum atomic E-state index is 0.167. The summed E-state index contributed by atoms with van der Waals surface area (Å²) in [6, 6.07) is 66.6. The van der Waals surface area contributed by atoms with E-state index in [1.54, 1.807) is 6.07 Å². The highest BCUT2D eigenvalue weighted by Crippen LogP contribution is 2.40.